The van der Waals surface area contributed by atoms with E-state index in [0.717, 1.165) is 17.7 Å². The van der Waals surface area contributed by atoms with Crippen molar-refractivity contribution >= 4 is 52.8 Å². The number of aliphatic hydroxyl groups excluding tert-OH is 1. The number of morpholine rings is 1. The number of allylic oxidation sites excluding steroid dienone is 3. The smallest absolute Gasteiger partial charge is 0.407 e. The number of hydrogen-bond acceptors (Lipinski definition) is 15. The third kappa shape index (κ3) is 16.8. The second-order valence-electron chi connectivity index (χ2n) is 18.3. The number of aromatic nitrogens is 3. The molecule has 8 N–H and O–H groups in total. The molecule has 73 heavy (non-hydrogen) atoms. The second-order valence-corrected chi connectivity index (χ2v) is 18.3. The van der Waals surface area contributed by atoms with Crippen LogP contribution in [0.1, 0.15) is 95.5 Å². The predicted octanol–water partition coefficient (Wildman–Crippen LogP) is 4.52. The van der Waals surface area contributed by atoms with Crippen LogP contribution in [-0.2, 0) is 28.7 Å². The Morgan fingerprint density at radius 3 is 2.44 bits per heavy atom. The highest BCUT2D eigenvalue weighted by atomic mass is 16.5. The molecule has 21 heteroatoms. The molecule has 3 atom stereocenters. The number of rotatable bonds is 26. The molecular weight excluding hydrogens is 939 g/mol. The standard InChI is InChI=1S/C52H69N11O10/c1-4-5-10-39(59-50(68)46(34(2)3)61-43(64)11-7-6-8-25-63-44(65)20-21-45(63)66)49(67)57-37-16-12-35(13-17-37)33-73-52(70)55-23-9-28-72-38-18-14-36(15-19-38)40-32-56-48(53)47(58-40)51(69)60-41-31-54-24-22-42(41)62-26-29-71-30-27-62/h12,14-16,18-22,24,31-32,34,39,44,46,65H,4-11,13,17,23,25-30,33H2,1-3H3,(H2,53,56)(H,55,70)(H,57,67)(H,59,68)(H,60,69)(H,61,64)/t39-,44?,46-/m0/s1. The first-order valence-corrected chi connectivity index (χ1v) is 25.1. The van der Waals surface area contributed by atoms with E-state index in [9.17, 15) is 33.9 Å². The maximum atomic E-state index is 13.5. The highest BCUT2D eigenvalue weighted by molar-refractivity contribution is 6.07. The molecule has 1 unspecified atom stereocenters. The Bertz CT molecular complexity index is 2470. The van der Waals surface area contributed by atoms with E-state index in [1.54, 1.807) is 42.7 Å². The van der Waals surface area contributed by atoms with Crippen molar-refractivity contribution in [2.75, 3.05) is 68.6 Å². The number of ether oxygens (including phenoxy) is 3. The molecule has 2 aromatic heterocycles. The lowest BCUT2D eigenvalue weighted by molar-refractivity contribution is -0.133. The molecule has 1 aromatic carbocycles. The Morgan fingerprint density at radius 2 is 1.73 bits per heavy atom. The number of anilines is 3. The number of nitrogen functional groups attached to an aromatic ring is 1. The van der Waals surface area contributed by atoms with Gasteiger partial charge < -0.3 is 61.4 Å². The Morgan fingerprint density at radius 1 is 0.932 bits per heavy atom. The van der Waals surface area contributed by atoms with Crippen LogP contribution in [0.5, 0.6) is 5.75 Å². The first-order chi connectivity index (χ1) is 35.3. The van der Waals surface area contributed by atoms with Crippen molar-refractivity contribution in [2.45, 2.75) is 103 Å². The van der Waals surface area contributed by atoms with Gasteiger partial charge in [0.15, 0.2) is 11.5 Å². The van der Waals surface area contributed by atoms with E-state index < -0.39 is 36.2 Å². The fourth-order valence-corrected chi connectivity index (χ4v) is 8.19. The number of nitrogens with two attached hydrogens (primary N) is 1. The molecule has 6 rings (SSSR count). The zero-order chi connectivity index (χ0) is 52.1. The van der Waals surface area contributed by atoms with E-state index in [2.05, 4.69) is 46.4 Å². The first kappa shape index (κ1) is 54.9. The van der Waals surface area contributed by atoms with Gasteiger partial charge in [0, 0.05) is 56.1 Å². The number of carbonyl (C=O) groups excluding carboxylic acids is 6. The fraction of sp³-hybridized carbons (Fsp3) is 0.481. The van der Waals surface area contributed by atoms with Crippen LogP contribution >= 0.6 is 0 Å². The topological polar surface area (TPSA) is 282 Å². The van der Waals surface area contributed by atoms with E-state index in [-0.39, 0.29) is 48.2 Å². The lowest BCUT2D eigenvalue weighted by Crippen LogP contribution is -2.55. The quantitative estimate of drug-likeness (QED) is 0.0545. The molecule has 0 radical (unpaired) electrons. The van der Waals surface area contributed by atoms with E-state index in [1.165, 1.54) is 23.2 Å². The Kier molecular flexibility index (Phi) is 21.1. The van der Waals surface area contributed by atoms with Gasteiger partial charge in [0.25, 0.3) is 5.91 Å². The van der Waals surface area contributed by atoms with Crippen LogP contribution in [0.2, 0.25) is 0 Å². The normalized spacial score (nSPS) is 16.2. The molecule has 6 amide bonds. The van der Waals surface area contributed by atoms with Crippen molar-refractivity contribution in [1.82, 2.24) is 41.1 Å². The van der Waals surface area contributed by atoms with Crippen LogP contribution in [0.15, 0.2) is 84.5 Å². The Labute approximate surface area is 425 Å². The third-order valence-electron chi connectivity index (χ3n) is 12.4. The lowest BCUT2D eigenvalue weighted by atomic mass is 10.0. The van der Waals surface area contributed by atoms with Crippen LogP contribution in [0, 0.1) is 5.92 Å². The molecule has 0 bridgehead atoms. The number of amides is 6. The number of benzene rings is 1. The first-order valence-electron chi connectivity index (χ1n) is 25.1. The maximum absolute atomic E-state index is 13.5. The van der Waals surface area contributed by atoms with Crippen molar-refractivity contribution in [3.63, 3.8) is 0 Å². The molecule has 21 nitrogen and oxygen atoms in total. The largest absolute Gasteiger partial charge is 0.494 e. The van der Waals surface area contributed by atoms with E-state index in [4.69, 9.17) is 19.9 Å². The predicted molar refractivity (Wildman–Crippen MR) is 274 cm³/mol. The minimum absolute atomic E-state index is 0.00739. The molecule has 392 valence electrons. The van der Waals surface area contributed by atoms with Gasteiger partial charge in [0.2, 0.25) is 23.6 Å². The van der Waals surface area contributed by atoms with Crippen molar-refractivity contribution in [1.29, 1.82) is 0 Å². The van der Waals surface area contributed by atoms with Gasteiger partial charge in [-0.25, -0.2) is 14.8 Å². The molecule has 3 aromatic rings. The van der Waals surface area contributed by atoms with Gasteiger partial charge in [0.1, 0.15) is 30.7 Å². The zero-order valence-electron chi connectivity index (χ0n) is 41.9. The SMILES string of the molecule is CCCC[C@H](NC(=O)[C@@H](NC(=O)CCCCCN1C(=O)C=CC1O)C(C)C)C(=O)NC1=CC=C(COC(=O)NCCCOc2ccc(-c3cnc(N)c(C(=O)Nc4cnccc4N4CCOCC4)n3)cc2)CC1. The number of alkyl carbamates (subject to hydrolysis) is 1. The summed E-state index contributed by atoms with van der Waals surface area (Å²) in [6, 6.07) is 7.35. The number of unbranched alkanes of at least 4 members (excludes halogenated alkanes) is 3. The number of pyridine rings is 1. The van der Waals surface area contributed by atoms with Crippen molar-refractivity contribution in [2.24, 2.45) is 5.92 Å². The van der Waals surface area contributed by atoms with Gasteiger partial charge in [-0.3, -0.25) is 29.0 Å². The number of hydrogen-bond donors (Lipinski definition) is 7. The molecule has 2 aliphatic heterocycles. The van der Waals surface area contributed by atoms with Crippen molar-refractivity contribution in [3.05, 3.63) is 90.2 Å². The summed E-state index contributed by atoms with van der Waals surface area (Å²) in [5.41, 5.74) is 10.1. The average Bonchev–Trinajstić information content (AvgIpc) is 3.71. The van der Waals surface area contributed by atoms with E-state index in [1.807, 2.05) is 32.9 Å². The molecule has 1 saturated heterocycles. The highest BCUT2D eigenvalue weighted by Crippen LogP contribution is 2.27. The Balaban J connectivity index is 0.874. The van der Waals surface area contributed by atoms with Crippen LogP contribution in [-0.4, -0.2) is 132 Å². The minimum Gasteiger partial charge on any atom is -0.494 e. The van der Waals surface area contributed by atoms with E-state index >= 15 is 0 Å². The zero-order valence-corrected chi connectivity index (χ0v) is 41.9. The summed E-state index contributed by atoms with van der Waals surface area (Å²) in [5, 5.41) is 24.1. The maximum Gasteiger partial charge on any atom is 0.407 e. The van der Waals surface area contributed by atoms with Crippen LogP contribution in [0.3, 0.4) is 0 Å². The van der Waals surface area contributed by atoms with Crippen molar-refractivity contribution < 1.29 is 48.1 Å². The molecule has 3 aliphatic rings. The van der Waals surface area contributed by atoms with Gasteiger partial charge in [-0.2, -0.15) is 0 Å². The lowest BCUT2D eigenvalue weighted by Gasteiger charge is -2.30. The van der Waals surface area contributed by atoms with Gasteiger partial charge in [-0.05, 0) is 92.5 Å². The summed E-state index contributed by atoms with van der Waals surface area (Å²) >= 11 is 0. The fourth-order valence-electron chi connectivity index (χ4n) is 8.19. The molecular formula is C52H69N11O10. The molecule has 0 spiro atoms. The summed E-state index contributed by atoms with van der Waals surface area (Å²) in [7, 11) is 0. The summed E-state index contributed by atoms with van der Waals surface area (Å²) < 4.78 is 16.8. The monoisotopic (exact) mass is 1010 g/mol. The minimum atomic E-state index is -0.912. The number of nitrogens with zero attached hydrogens (tertiary/aromatic N) is 5. The third-order valence-corrected chi connectivity index (χ3v) is 12.4. The summed E-state index contributed by atoms with van der Waals surface area (Å²) in [5.74, 6) is -1.45. The molecule has 1 aliphatic carbocycles. The summed E-state index contributed by atoms with van der Waals surface area (Å²) in [6.07, 6.45) is 15.2. The number of carbonyl (C=O) groups is 6. The van der Waals surface area contributed by atoms with Gasteiger partial charge in [-0.1, -0.05) is 46.1 Å². The van der Waals surface area contributed by atoms with Crippen LogP contribution in [0.25, 0.3) is 11.3 Å². The van der Waals surface area contributed by atoms with Gasteiger partial charge in [0.05, 0.1) is 49.3 Å². The van der Waals surface area contributed by atoms with Gasteiger partial charge >= 0.3 is 6.09 Å². The van der Waals surface area contributed by atoms with Gasteiger partial charge in [-0.15, -0.1) is 0 Å². The number of nitrogens with one attached hydrogen (secondary N) is 5. The molecule has 4 heterocycles. The summed E-state index contributed by atoms with van der Waals surface area (Å²) in [6.45, 7) is 9.32. The van der Waals surface area contributed by atoms with Crippen molar-refractivity contribution in [3.8, 4) is 17.0 Å². The molecule has 1 fully saturated rings. The average molecular weight is 1010 g/mol. The van der Waals surface area contributed by atoms with Crippen LogP contribution < -0.4 is 42.0 Å². The molecule has 0 saturated carbocycles. The Hall–Kier alpha value is -7.39. The summed E-state index contributed by atoms with van der Waals surface area (Å²) in [4.78, 5) is 93.9. The second kappa shape index (κ2) is 28.0. The van der Waals surface area contributed by atoms with E-state index in [0.29, 0.717) is 126 Å². The number of aliphatic hydroxyl groups is 1. The highest BCUT2D eigenvalue weighted by Gasteiger charge is 2.30. The van der Waals surface area contributed by atoms with Crippen LogP contribution in [0.4, 0.5) is 22.0 Å².